The van der Waals surface area contributed by atoms with Crippen LogP contribution in [0.25, 0.3) is 33.1 Å². The van der Waals surface area contributed by atoms with Gasteiger partial charge in [-0.3, -0.25) is 4.79 Å². The summed E-state index contributed by atoms with van der Waals surface area (Å²) in [7, 11) is 0. The normalized spacial score (nSPS) is 11.8. The number of esters is 1. The molecule has 0 spiro atoms. The van der Waals surface area contributed by atoms with Crippen molar-refractivity contribution in [1.82, 2.24) is 0 Å². The molecular formula is C25H11Br2F3O5. The molecule has 176 valence electrons. The van der Waals surface area contributed by atoms with Crippen LogP contribution in [0.5, 0.6) is 5.75 Å². The zero-order valence-electron chi connectivity index (χ0n) is 17.3. The van der Waals surface area contributed by atoms with Gasteiger partial charge in [0.2, 0.25) is 16.9 Å². The molecule has 5 rings (SSSR count). The summed E-state index contributed by atoms with van der Waals surface area (Å²) in [5.41, 5.74) is -1.32. The first-order chi connectivity index (χ1) is 16.6. The van der Waals surface area contributed by atoms with Gasteiger partial charge in [-0.1, -0.05) is 44.0 Å². The molecule has 10 heteroatoms. The average molecular weight is 608 g/mol. The number of benzene rings is 3. The first kappa shape index (κ1) is 23.4. The highest BCUT2D eigenvalue weighted by atomic mass is 79.9. The van der Waals surface area contributed by atoms with E-state index in [9.17, 15) is 22.8 Å². The molecular weight excluding hydrogens is 597 g/mol. The van der Waals surface area contributed by atoms with Gasteiger partial charge in [0.05, 0.1) is 10.9 Å². The molecule has 0 aliphatic carbocycles. The van der Waals surface area contributed by atoms with E-state index in [0.29, 0.717) is 15.4 Å². The lowest BCUT2D eigenvalue weighted by Crippen LogP contribution is -2.16. The van der Waals surface area contributed by atoms with E-state index in [1.54, 1.807) is 18.2 Å². The molecule has 0 bridgehead atoms. The van der Waals surface area contributed by atoms with Crippen molar-refractivity contribution in [1.29, 1.82) is 0 Å². The fourth-order valence-electron chi connectivity index (χ4n) is 3.59. The molecule has 3 aromatic carbocycles. The van der Waals surface area contributed by atoms with Gasteiger partial charge in [-0.15, -0.1) is 0 Å². The van der Waals surface area contributed by atoms with Gasteiger partial charge in [0, 0.05) is 20.4 Å². The summed E-state index contributed by atoms with van der Waals surface area (Å²) in [4.78, 5) is 25.6. The number of carbonyl (C=O) groups excluding carboxylic acids is 1. The molecule has 5 aromatic rings. The van der Waals surface area contributed by atoms with Gasteiger partial charge >= 0.3 is 12.1 Å². The second-order valence-electron chi connectivity index (χ2n) is 7.48. The fourth-order valence-corrected chi connectivity index (χ4v) is 4.23. The maximum absolute atomic E-state index is 13.8. The number of furan rings is 1. The predicted octanol–water partition coefficient (Wildman–Crippen LogP) is 7.97. The third-order valence-electron chi connectivity index (χ3n) is 5.14. The average Bonchev–Trinajstić information content (AvgIpc) is 3.22. The molecule has 0 saturated heterocycles. The van der Waals surface area contributed by atoms with Crippen LogP contribution in [-0.2, 0) is 6.18 Å². The summed E-state index contributed by atoms with van der Waals surface area (Å²) in [5.74, 6) is -2.51. The first-order valence-corrected chi connectivity index (χ1v) is 11.5. The van der Waals surface area contributed by atoms with E-state index in [2.05, 4.69) is 31.9 Å². The van der Waals surface area contributed by atoms with Gasteiger partial charge in [-0.2, -0.15) is 13.2 Å². The van der Waals surface area contributed by atoms with Gasteiger partial charge in [0.25, 0.3) is 0 Å². The van der Waals surface area contributed by atoms with Crippen molar-refractivity contribution in [3.05, 3.63) is 97.4 Å². The molecule has 0 aliphatic rings. The molecule has 0 saturated carbocycles. The Bertz CT molecular complexity index is 1670. The largest absolute Gasteiger partial charge is 0.450 e. The maximum Gasteiger partial charge on any atom is 0.450 e. The van der Waals surface area contributed by atoms with Crippen LogP contribution in [0.3, 0.4) is 0 Å². The van der Waals surface area contributed by atoms with E-state index in [0.717, 1.165) is 10.5 Å². The van der Waals surface area contributed by atoms with Crippen molar-refractivity contribution in [2.75, 3.05) is 0 Å². The zero-order chi connectivity index (χ0) is 24.9. The minimum Gasteiger partial charge on any atom is -0.450 e. The number of hydrogen-bond donors (Lipinski definition) is 0. The minimum atomic E-state index is -4.94. The Balaban J connectivity index is 1.56. The quantitative estimate of drug-likeness (QED) is 0.154. The van der Waals surface area contributed by atoms with Crippen molar-refractivity contribution in [3.8, 4) is 16.9 Å². The highest BCUT2D eigenvalue weighted by Crippen LogP contribution is 2.38. The third-order valence-corrected chi connectivity index (χ3v) is 6.17. The summed E-state index contributed by atoms with van der Waals surface area (Å²) in [6, 6.07) is 16.1. The summed E-state index contributed by atoms with van der Waals surface area (Å²) in [6.07, 6.45) is -4.94. The third kappa shape index (κ3) is 4.51. The molecule has 0 N–H and O–H groups in total. The smallest absolute Gasteiger partial charge is 0.450 e. The van der Waals surface area contributed by atoms with Crippen molar-refractivity contribution in [3.63, 3.8) is 0 Å². The Kier molecular flexibility index (Phi) is 5.80. The zero-order valence-corrected chi connectivity index (χ0v) is 20.5. The van der Waals surface area contributed by atoms with Crippen molar-refractivity contribution >= 4 is 59.8 Å². The highest BCUT2D eigenvalue weighted by Gasteiger charge is 2.39. The molecule has 5 nitrogen and oxygen atoms in total. The van der Waals surface area contributed by atoms with Gasteiger partial charge in [0.1, 0.15) is 16.9 Å². The van der Waals surface area contributed by atoms with E-state index in [4.69, 9.17) is 13.6 Å². The Labute approximate surface area is 211 Å². The molecule has 35 heavy (non-hydrogen) atoms. The van der Waals surface area contributed by atoms with E-state index < -0.39 is 28.9 Å². The highest BCUT2D eigenvalue weighted by molar-refractivity contribution is 9.10. The second-order valence-corrected chi connectivity index (χ2v) is 9.31. The van der Waals surface area contributed by atoms with E-state index in [1.807, 2.05) is 0 Å². The standard InChI is InChI=1S/C25H11Br2F3O5/c26-14-3-1-12(2-4-14)21-22(31)17-7-6-16(11-19(17)35-23(21)25(28,29)30)33-24(32)20-10-13-9-15(27)5-8-18(13)34-20/h1-11H. The monoisotopic (exact) mass is 606 g/mol. The topological polar surface area (TPSA) is 69.7 Å². The van der Waals surface area contributed by atoms with Crippen molar-refractivity contribution in [2.24, 2.45) is 0 Å². The molecule has 0 atom stereocenters. The Morgan fingerprint density at radius 3 is 2.26 bits per heavy atom. The number of ether oxygens (including phenoxy) is 1. The van der Waals surface area contributed by atoms with Crippen molar-refractivity contribution < 1.29 is 31.5 Å². The van der Waals surface area contributed by atoms with Crippen LogP contribution in [0, 0.1) is 0 Å². The van der Waals surface area contributed by atoms with Crippen LogP contribution in [0.15, 0.2) is 89.3 Å². The number of carbonyl (C=O) groups is 1. The summed E-state index contributed by atoms with van der Waals surface area (Å²) in [5, 5.41) is 0.565. The van der Waals surface area contributed by atoms with E-state index in [1.165, 1.54) is 42.5 Å². The van der Waals surface area contributed by atoms with Gasteiger partial charge in [-0.25, -0.2) is 4.79 Å². The van der Waals surface area contributed by atoms with Crippen LogP contribution >= 0.6 is 31.9 Å². The van der Waals surface area contributed by atoms with Gasteiger partial charge in [0.15, 0.2) is 0 Å². The number of rotatable bonds is 3. The van der Waals surface area contributed by atoms with Crippen molar-refractivity contribution in [2.45, 2.75) is 6.18 Å². The van der Waals surface area contributed by atoms with E-state index in [-0.39, 0.29) is 28.0 Å². The number of fused-ring (bicyclic) bond motifs is 2. The Morgan fingerprint density at radius 1 is 0.829 bits per heavy atom. The molecule has 2 heterocycles. The number of hydrogen-bond acceptors (Lipinski definition) is 5. The van der Waals surface area contributed by atoms with Crippen LogP contribution < -0.4 is 10.2 Å². The summed E-state index contributed by atoms with van der Waals surface area (Å²) < 4.78 is 58.9. The van der Waals surface area contributed by atoms with Gasteiger partial charge < -0.3 is 13.6 Å². The fraction of sp³-hybridized carbons (Fsp3) is 0.0400. The summed E-state index contributed by atoms with van der Waals surface area (Å²) in [6.45, 7) is 0. The lowest BCUT2D eigenvalue weighted by Gasteiger charge is -2.13. The van der Waals surface area contributed by atoms with Crippen LogP contribution in [0.4, 0.5) is 13.2 Å². The Hall–Kier alpha value is -3.37. The molecule has 0 radical (unpaired) electrons. The number of halogens is 5. The van der Waals surface area contributed by atoms with Gasteiger partial charge in [-0.05, 0) is 54.1 Å². The predicted molar refractivity (Wildman–Crippen MR) is 129 cm³/mol. The van der Waals surface area contributed by atoms with E-state index >= 15 is 0 Å². The first-order valence-electron chi connectivity index (χ1n) is 9.95. The molecule has 0 unspecified atom stereocenters. The molecule has 2 aromatic heterocycles. The van der Waals surface area contributed by atoms with Crippen LogP contribution in [0.1, 0.15) is 16.3 Å². The Morgan fingerprint density at radius 2 is 1.54 bits per heavy atom. The SMILES string of the molecule is O=C(Oc1ccc2c(=O)c(-c3ccc(Br)cc3)c(C(F)(F)F)oc2c1)c1cc2cc(Br)ccc2o1. The maximum atomic E-state index is 13.8. The lowest BCUT2D eigenvalue weighted by molar-refractivity contribution is -0.152. The van der Waals surface area contributed by atoms with Crippen LogP contribution in [-0.4, -0.2) is 5.97 Å². The summed E-state index contributed by atoms with van der Waals surface area (Å²) >= 11 is 6.55. The van der Waals surface area contributed by atoms with Crippen LogP contribution in [0.2, 0.25) is 0 Å². The molecule has 0 fully saturated rings. The second kappa shape index (κ2) is 8.69. The number of alkyl halides is 3. The molecule has 0 amide bonds. The lowest BCUT2D eigenvalue weighted by atomic mass is 10.0. The molecule has 0 aliphatic heterocycles. The minimum absolute atomic E-state index is 0.0585.